The van der Waals surface area contributed by atoms with Crippen molar-refractivity contribution in [3.8, 4) is 0 Å². The molecule has 1 atom stereocenters. The van der Waals surface area contributed by atoms with Gasteiger partial charge in [-0.25, -0.2) is 0 Å². The Labute approximate surface area is 102 Å². The molecule has 1 aromatic carbocycles. The lowest BCUT2D eigenvalue weighted by molar-refractivity contribution is 0.209. The Morgan fingerprint density at radius 1 is 1.44 bits per heavy atom. The van der Waals surface area contributed by atoms with E-state index in [9.17, 15) is 5.11 Å². The van der Waals surface area contributed by atoms with Gasteiger partial charge in [-0.3, -0.25) is 0 Å². The number of rotatable bonds is 5. The monoisotopic (exact) mass is 239 g/mol. The number of aliphatic hydroxyl groups excluding tert-OH is 1. The zero-order chi connectivity index (χ0) is 11.6. The van der Waals surface area contributed by atoms with E-state index in [4.69, 9.17) is 11.6 Å². The standard InChI is InChI=1S/C13H18ClNO/c1-13(9-16,8-10-6-7-10)15-12-5-3-2-4-11(12)14/h2-5,10,15-16H,6-9H2,1H3. The molecule has 16 heavy (non-hydrogen) atoms. The summed E-state index contributed by atoms with van der Waals surface area (Å²) in [7, 11) is 0. The van der Waals surface area contributed by atoms with E-state index in [1.54, 1.807) is 0 Å². The molecule has 2 rings (SSSR count). The van der Waals surface area contributed by atoms with Crippen LogP contribution in [0.25, 0.3) is 0 Å². The lowest BCUT2D eigenvalue weighted by Crippen LogP contribution is -2.39. The molecular weight excluding hydrogens is 222 g/mol. The summed E-state index contributed by atoms with van der Waals surface area (Å²) in [6.45, 7) is 2.18. The second-order valence-corrected chi connectivity index (χ2v) is 5.38. The first-order chi connectivity index (χ1) is 7.63. The van der Waals surface area contributed by atoms with Crippen LogP contribution in [0, 0.1) is 5.92 Å². The molecule has 1 aliphatic carbocycles. The maximum absolute atomic E-state index is 9.51. The highest BCUT2D eigenvalue weighted by Gasteiger charge is 2.33. The minimum Gasteiger partial charge on any atom is -0.394 e. The third-order valence-corrected chi connectivity index (χ3v) is 3.42. The van der Waals surface area contributed by atoms with Gasteiger partial charge in [-0.1, -0.05) is 36.6 Å². The fraction of sp³-hybridized carbons (Fsp3) is 0.538. The second-order valence-electron chi connectivity index (χ2n) is 4.97. The van der Waals surface area contributed by atoms with Crippen LogP contribution in [0.15, 0.2) is 24.3 Å². The first-order valence-corrected chi connectivity index (χ1v) is 6.14. The summed E-state index contributed by atoms with van der Waals surface area (Å²) in [5.41, 5.74) is 0.646. The Morgan fingerprint density at radius 2 is 2.12 bits per heavy atom. The van der Waals surface area contributed by atoms with Gasteiger partial charge in [0.1, 0.15) is 0 Å². The van der Waals surface area contributed by atoms with Crippen LogP contribution in [0.1, 0.15) is 26.2 Å². The van der Waals surface area contributed by atoms with Crippen LogP contribution in [0.3, 0.4) is 0 Å². The summed E-state index contributed by atoms with van der Waals surface area (Å²) in [6.07, 6.45) is 3.59. The van der Waals surface area contributed by atoms with Crippen molar-refractivity contribution in [2.24, 2.45) is 5.92 Å². The molecule has 1 fully saturated rings. The van der Waals surface area contributed by atoms with Gasteiger partial charge in [-0.05, 0) is 31.4 Å². The van der Waals surface area contributed by atoms with E-state index in [0.717, 1.165) is 18.0 Å². The Kier molecular flexibility index (Phi) is 3.41. The van der Waals surface area contributed by atoms with Crippen LogP contribution in [0.2, 0.25) is 5.02 Å². The molecule has 0 spiro atoms. The summed E-state index contributed by atoms with van der Waals surface area (Å²) in [5.74, 6) is 0.770. The maximum Gasteiger partial charge on any atom is 0.0658 e. The lowest BCUT2D eigenvalue weighted by atomic mass is 9.95. The van der Waals surface area contributed by atoms with Crippen LogP contribution in [0.5, 0.6) is 0 Å². The Hall–Kier alpha value is -0.730. The molecule has 2 nitrogen and oxygen atoms in total. The van der Waals surface area contributed by atoms with Gasteiger partial charge in [0.25, 0.3) is 0 Å². The molecule has 1 unspecified atom stereocenters. The molecule has 0 radical (unpaired) electrons. The molecular formula is C13H18ClNO. The normalized spacial score (nSPS) is 19.2. The van der Waals surface area contributed by atoms with Gasteiger partial charge < -0.3 is 10.4 Å². The van der Waals surface area contributed by atoms with Crippen LogP contribution < -0.4 is 5.32 Å². The van der Waals surface area contributed by atoms with E-state index in [-0.39, 0.29) is 12.1 Å². The van der Waals surface area contributed by atoms with Crippen molar-refractivity contribution in [2.75, 3.05) is 11.9 Å². The average Bonchev–Trinajstić information content (AvgIpc) is 3.05. The Morgan fingerprint density at radius 3 is 2.69 bits per heavy atom. The lowest BCUT2D eigenvalue weighted by Gasteiger charge is -2.30. The van der Waals surface area contributed by atoms with E-state index in [1.807, 2.05) is 24.3 Å². The molecule has 0 heterocycles. The summed E-state index contributed by atoms with van der Waals surface area (Å²) in [5, 5.41) is 13.6. The van der Waals surface area contributed by atoms with Crippen LogP contribution >= 0.6 is 11.6 Å². The summed E-state index contributed by atoms with van der Waals surface area (Å²) in [4.78, 5) is 0. The Balaban J connectivity index is 2.07. The molecule has 1 saturated carbocycles. The molecule has 2 N–H and O–H groups in total. The fourth-order valence-corrected chi connectivity index (χ4v) is 2.18. The number of hydrogen-bond acceptors (Lipinski definition) is 2. The molecule has 0 bridgehead atoms. The quantitative estimate of drug-likeness (QED) is 0.827. The average molecular weight is 240 g/mol. The molecule has 3 heteroatoms. The van der Waals surface area contributed by atoms with Gasteiger partial charge in [0.15, 0.2) is 0 Å². The van der Waals surface area contributed by atoms with Gasteiger partial charge in [-0.2, -0.15) is 0 Å². The van der Waals surface area contributed by atoms with Crippen LogP contribution in [-0.4, -0.2) is 17.3 Å². The largest absolute Gasteiger partial charge is 0.394 e. The summed E-state index contributed by atoms with van der Waals surface area (Å²) >= 11 is 6.10. The van der Waals surface area contributed by atoms with Crippen molar-refractivity contribution >= 4 is 17.3 Å². The SMILES string of the molecule is CC(CO)(CC1CC1)Nc1ccccc1Cl. The molecule has 0 amide bonds. The van der Waals surface area contributed by atoms with Crippen molar-refractivity contribution in [3.63, 3.8) is 0 Å². The predicted molar refractivity (Wildman–Crippen MR) is 67.9 cm³/mol. The number of nitrogens with one attached hydrogen (secondary N) is 1. The third kappa shape index (κ3) is 2.89. The second kappa shape index (κ2) is 4.64. The smallest absolute Gasteiger partial charge is 0.0658 e. The Bertz CT molecular complexity index is 365. The van der Waals surface area contributed by atoms with Gasteiger partial charge in [0.2, 0.25) is 0 Å². The number of benzene rings is 1. The van der Waals surface area contributed by atoms with Crippen molar-refractivity contribution in [1.82, 2.24) is 0 Å². The number of aliphatic hydroxyl groups is 1. The highest BCUT2D eigenvalue weighted by Crippen LogP contribution is 2.38. The topological polar surface area (TPSA) is 32.3 Å². The molecule has 0 saturated heterocycles. The maximum atomic E-state index is 9.51. The van der Waals surface area contributed by atoms with E-state index in [0.29, 0.717) is 5.02 Å². The van der Waals surface area contributed by atoms with Gasteiger partial charge in [0, 0.05) is 0 Å². The van der Waals surface area contributed by atoms with Crippen molar-refractivity contribution < 1.29 is 5.11 Å². The summed E-state index contributed by atoms with van der Waals surface area (Å²) < 4.78 is 0. The van der Waals surface area contributed by atoms with Crippen molar-refractivity contribution in [3.05, 3.63) is 29.3 Å². The molecule has 0 aromatic heterocycles. The van der Waals surface area contributed by atoms with Gasteiger partial charge in [-0.15, -0.1) is 0 Å². The number of hydrogen-bond donors (Lipinski definition) is 2. The van der Waals surface area contributed by atoms with E-state index >= 15 is 0 Å². The van der Waals surface area contributed by atoms with Crippen LogP contribution in [-0.2, 0) is 0 Å². The predicted octanol–water partition coefficient (Wildman–Crippen LogP) is 3.30. The fourth-order valence-electron chi connectivity index (χ4n) is 2.00. The highest BCUT2D eigenvalue weighted by molar-refractivity contribution is 6.33. The molecule has 0 aliphatic heterocycles. The van der Waals surface area contributed by atoms with Crippen molar-refractivity contribution in [1.29, 1.82) is 0 Å². The zero-order valence-electron chi connectivity index (χ0n) is 9.54. The minimum atomic E-state index is -0.258. The van der Waals surface area contributed by atoms with Crippen LogP contribution in [0.4, 0.5) is 5.69 Å². The molecule has 1 aromatic rings. The first kappa shape index (κ1) is 11.7. The number of halogens is 1. The third-order valence-electron chi connectivity index (χ3n) is 3.10. The highest BCUT2D eigenvalue weighted by atomic mass is 35.5. The number of para-hydroxylation sites is 1. The van der Waals surface area contributed by atoms with Gasteiger partial charge in [0.05, 0.1) is 22.9 Å². The van der Waals surface area contributed by atoms with E-state index < -0.39 is 0 Å². The summed E-state index contributed by atoms with van der Waals surface area (Å²) in [6, 6.07) is 7.66. The molecule has 1 aliphatic rings. The molecule has 88 valence electrons. The minimum absolute atomic E-state index is 0.134. The van der Waals surface area contributed by atoms with Crippen molar-refractivity contribution in [2.45, 2.75) is 31.7 Å². The zero-order valence-corrected chi connectivity index (χ0v) is 10.3. The van der Waals surface area contributed by atoms with E-state index in [2.05, 4.69) is 12.2 Å². The first-order valence-electron chi connectivity index (χ1n) is 5.76. The number of anilines is 1. The van der Waals surface area contributed by atoms with E-state index in [1.165, 1.54) is 12.8 Å². The van der Waals surface area contributed by atoms with Gasteiger partial charge >= 0.3 is 0 Å².